The van der Waals surface area contributed by atoms with E-state index in [0.717, 1.165) is 29.4 Å². The maximum Gasteiger partial charge on any atom is 0.166 e. The zero-order valence-electron chi connectivity index (χ0n) is 9.16. The molecular weight excluding hydrogens is 236 g/mol. The van der Waals surface area contributed by atoms with Crippen molar-refractivity contribution >= 4 is 34.0 Å². The summed E-state index contributed by atoms with van der Waals surface area (Å²) < 4.78 is 0. The number of aryl methyl sites for hydroxylation is 1. The average molecular weight is 247 g/mol. The van der Waals surface area contributed by atoms with Crippen molar-refractivity contribution < 1.29 is 4.79 Å². The van der Waals surface area contributed by atoms with Crippen LogP contribution in [0.15, 0.2) is 18.2 Å². The summed E-state index contributed by atoms with van der Waals surface area (Å²) in [5.74, 6) is 0.0955. The number of hydrogen-bond donors (Lipinski definition) is 1. The lowest BCUT2D eigenvalue weighted by molar-refractivity contribution is 0.0973. The fourth-order valence-electron chi connectivity index (χ4n) is 2.35. The fourth-order valence-corrected chi connectivity index (χ4v) is 2.52. The summed E-state index contributed by atoms with van der Waals surface area (Å²) in [6, 6.07) is 5.39. The van der Waals surface area contributed by atoms with Gasteiger partial charge in [0.1, 0.15) is 0 Å². The molecule has 1 aromatic carbocycles. The number of halogens is 1. The van der Waals surface area contributed by atoms with Gasteiger partial charge in [0.2, 0.25) is 0 Å². The Labute approximate surface area is 104 Å². The summed E-state index contributed by atoms with van der Waals surface area (Å²) >= 11 is 5.94. The van der Waals surface area contributed by atoms with Gasteiger partial charge in [-0.1, -0.05) is 11.6 Å². The maximum atomic E-state index is 11.9. The van der Waals surface area contributed by atoms with Crippen molar-refractivity contribution in [2.75, 3.05) is 5.73 Å². The molecule has 1 aromatic heterocycles. The lowest BCUT2D eigenvalue weighted by Crippen LogP contribution is -2.15. The molecule has 0 spiro atoms. The largest absolute Gasteiger partial charge is 0.398 e. The fraction of sp³-hybridized carbons (Fsp3) is 0.231. The number of nitrogens with two attached hydrogens (primary N) is 1. The quantitative estimate of drug-likeness (QED) is 0.778. The molecule has 0 amide bonds. The van der Waals surface area contributed by atoms with E-state index in [1.54, 1.807) is 12.1 Å². The van der Waals surface area contributed by atoms with Crippen LogP contribution in [0, 0.1) is 0 Å². The zero-order valence-corrected chi connectivity index (χ0v) is 9.92. The van der Waals surface area contributed by atoms with Crippen molar-refractivity contribution in [2.45, 2.75) is 19.3 Å². The molecule has 0 bridgehead atoms. The molecular formula is C13H11ClN2O. The van der Waals surface area contributed by atoms with Crippen molar-refractivity contribution in [2.24, 2.45) is 0 Å². The molecule has 1 aliphatic rings. The number of aromatic nitrogens is 1. The molecule has 86 valence electrons. The van der Waals surface area contributed by atoms with Crippen molar-refractivity contribution in [1.29, 1.82) is 0 Å². The standard InChI is InChI=1S/C13H11ClN2O/c14-7-4-5-9-8(6-7)13(15)12-10(16-9)2-1-3-11(12)17/h4-6H,1-3H2,(H2,15,16). The summed E-state index contributed by atoms with van der Waals surface area (Å²) in [6.07, 6.45) is 2.24. The Balaban J connectivity index is 2.40. The van der Waals surface area contributed by atoms with Crippen LogP contribution in [0.25, 0.3) is 10.9 Å². The molecule has 0 saturated carbocycles. The topological polar surface area (TPSA) is 56.0 Å². The Bertz CT molecular complexity index is 637. The first-order valence-electron chi connectivity index (χ1n) is 5.57. The molecule has 1 heterocycles. The Kier molecular flexibility index (Phi) is 2.30. The first-order chi connectivity index (χ1) is 8.16. The summed E-state index contributed by atoms with van der Waals surface area (Å²) in [6.45, 7) is 0. The molecule has 2 aromatic rings. The number of carbonyl (C=O) groups is 1. The van der Waals surface area contributed by atoms with E-state index in [-0.39, 0.29) is 5.78 Å². The van der Waals surface area contributed by atoms with E-state index < -0.39 is 0 Å². The van der Waals surface area contributed by atoms with Gasteiger partial charge in [-0.3, -0.25) is 9.78 Å². The number of Topliss-reactive ketones (excluding diaryl/α,β-unsaturated/α-hetero) is 1. The van der Waals surface area contributed by atoms with Crippen molar-refractivity contribution in [1.82, 2.24) is 4.98 Å². The molecule has 0 saturated heterocycles. The first kappa shape index (κ1) is 10.5. The first-order valence-corrected chi connectivity index (χ1v) is 5.95. The van der Waals surface area contributed by atoms with Gasteiger partial charge in [0.25, 0.3) is 0 Å². The molecule has 0 radical (unpaired) electrons. The van der Waals surface area contributed by atoms with Gasteiger partial charge in [0.15, 0.2) is 5.78 Å². The van der Waals surface area contributed by atoms with Gasteiger partial charge >= 0.3 is 0 Å². The van der Waals surface area contributed by atoms with Crippen LogP contribution in [0.5, 0.6) is 0 Å². The number of carbonyl (C=O) groups excluding carboxylic acids is 1. The van der Waals surface area contributed by atoms with E-state index in [1.165, 1.54) is 0 Å². The number of fused-ring (bicyclic) bond motifs is 2. The van der Waals surface area contributed by atoms with Gasteiger partial charge in [-0.05, 0) is 31.0 Å². The van der Waals surface area contributed by atoms with E-state index >= 15 is 0 Å². The average Bonchev–Trinajstić information content (AvgIpc) is 2.30. The van der Waals surface area contributed by atoms with Crippen molar-refractivity contribution in [3.05, 3.63) is 34.5 Å². The third-order valence-electron chi connectivity index (χ3n) is 3.16. The minimum absolute atomic E-state index is 0.0955. The summed E-state index contributed by atoms with van der Waals surface area (Å²) in [5, 5.41) is 1.38. The van der Waals surface area contributed by atoms with Gasteiger partial charge in [0, 0.05) is 16.8 Å². The highest BCUT2D eigenvalue weighted by Gasteiger charge is 2.22. The number of nitrogen functional groups attached to an aromatic ring is 1. The predicted octanol–water partition coefficient (Wildman–Crippen LogP) is 2.99. The number of nitrogens with zero attached hydrogens (tertiary/aromatic N) is 1. The Morgan fingerprint density at radius 3 is 2.94 bits per heavy atom. The Morgan fingerprint density at radius 1 is 1.29 bits per heavy atom. The molecule has 0 unspecified atom stereocenters. The van der Waals surface area contributed by atoms with E-state index in [4.69, 9.17) is 17.3 Å². The number of rotatable bonds is 0. The van der Waals surface area contributed by atoms with Gasteiger partial charge in [-0.25, -0.2) is 0 Å². The Hall–Kier alpha value is -1.61. The Morgan fingerprint density at radius 2 is 2.12 bits per heavy atom. The van der Waals surface area contributed by atoms with Gasteiger partial charge in [-0.2, -0.15) is 0 Å². The van der Waals surface area contributed by atoms with Gasteiger partial charge in [0.05, 0.1) is 22.5 Å². The minimum atomic E-state index is 0.0955. The summed E-state index contributed by atoms with van der Waals surface area (Å²) in [4.78, 5) is 16.4. The smallest absolute Gasteiger partial charge is 0.166 e. The van der Waals surface area contributed by atoms with Crippen LogP contribution in [0.1, 0.15) is 28.9 Å². The summed E-state index contributed by atoms with van der Waals surface area (Å²) in [5.41, 5.74) is 8.84. The van der Waals surface area contributed by atoms with E-state index in [1.807, 2.05) is 6.07 Å². The molecule has 0 fully saturated rings. The lowest BCUT2D eigenvalue weighted by Gasteiger charge is -2.17. The van der Waals surface area contributed by atoms with Crippen molar-refractivity contribution in [3.63, 3.8) is 0 Å². The highest BCUT2D eigenvalue weighted by atomic mass is 35.5. The number of anilines is 1. The van der Waals surface area contributed by atoms with E-state index in [9.17, 15) is 4.79 Å². The monoisotopic (exact) mass is 246 g/mol. The van der Waals surface area contributed by atoms with Crippen LogP contribution in [0.3, 0.4) is 0 Å². The molecule has 2 N–H and O–H groups in total. The number of hydrogen-bond acceptors (Lipinski definition) is 3. The van der Waals surface area contributed by atoms with Crippen LogP contribution >= 0.6 is 11.6 Å². The SMILES string of the molecule is Nc1c2c(nc3ccc(Cl)cc13)CCCC2=O. The van der Waals surface area contributed by atoms with Crippen LogP contribution in [0.2, 0.25) is 5.02 Å². The predicted molar refractivity (Wildman–Crippen MR) is 68.4 cm³/mol. The van der Waals surface area contributed by atoms with Crippen molar-refractivity contribution in [3.8, 4) is 0 Å². The van der Waals surface area contributed by atoms with Gasteiger partial charge in [-0.15, -0.1) is 0 Å². The highest BCUT2D eigenvalue weighted by molar-refractivity contribution is 6.31. The second kappa shape index (κ2) is 3.70. The molecule has 3 nitrogen and oxygen atoms in total. The molecule has 17 heavy (non-hydrogen) atoms. The van der Waals surface area contributed by atoms with E-state index in [2.05, 4.69) is 4.98 Å². The second-order valence-electron chi connectivity index (χ2n) is 4.29. The molecule has 0 atom stereocenters. The summed E-state index contributed by atoms with van der Waals surface area (Å²) in [7, 11) is 0. The van der Waals surface area contributed by atoms with Gasteiger partial charge < -0.3 is 5.73 Å². The number of benzene rings is 1. The van der Waals surface area contributed by atoms with E-state index in [0.29, 0.717) is 22.7 Å². The van der Waals surface area contributed by atoms with Crippen LogP contribution in [0.4, 0.5) is 5.69 Å². The lowest BCUT2D eigenvalue weighted by atomic mass is 9.92. The molecule has 1 aliphatic carbocycles. The van der Waals surface area contributed by atoms with Crippen LogP contribution in [-0.4, -0.2) is 10.8 Å². The van der Waals surface area contributed by atoms with Crippen LogP contribution in [-0.2, 0) is 6.42 Å². The third kappa shape index (κ3) is 1.58. The minimum Gasteiger partial charge on any atom is -0.398 e. The maximum absolute atomic E-state index is 11.9. The number of pyridine rings is 1. The molecule has 0 aliphatic heterocycles. The third-order valence-corrected chi connectivity index (χ3v) is 3.39. The molecule has 3 rings (SSSR count). The second-order valence-corrected chi connectivity index (χ2v) is 4.72. The molecule has 4 heteroatoms. The number of ketones is 1. The zero-order chi connectivity index (χ0) is 12.0. The van der Waals surface area contributed by atoms with Crippen LogP contribution < -0.4 is 5.73 Å². The highest BCUT2D eigenvalue weighted by Crippen LogP contribution is 2.32. The normalized spacial score (nSPS) is 15.0.